The predicted molar refractivity (Wildman–Crippen MR) is 139 cm³/mol. The lowest BCUT2D eigenvalue weighted by molar-refractivity contribution is 0.0561. The maximum atomic E-state index is 13.1. The highest BCUT2D eigenvalue weighted by Crippen LogP contribution is 2.31. The van der Waals surface area contributed by atoms with Crippen LogP contribution in [0.5, 0.6) is 23.1 Å². The molecule has 1 N–H and O–H groups in total. The van der Waals surface area contributed by atoms with Gasteiger partial charge in [-0.05, 0) is 76.2 Å². The molecule has 1 fully saturated rings. The molecule has 37 heavy (non-hydrogen) atoms. The lowest BCUT2D eigenvalue weighted by atomic mass is 10.1. The van der Waals surface area contributed by atoms with Gasteiger partial charge in [-0.15, -0.1) is 0 Å². The van der Waals surface area contributed by atoms with E-state index in [-0.39, 0.29) is 17.5 Å². The number of carbonyl (C=O) groups excluding carboxylic acids is 2. The van der Waals surface area contributed by atoms with Crippen LogP contribution in [0.4, 0.5) is 10.5 Å². The second-order valence-corrected chi connectivity index (χ2v) is 9.52. The second-order valence-electron chi connectivity index (χ2n) is 9.52. The average molecular weight is 506 g/mol. The van der Waals surface area contributed by atoms with E-state index >= 15 is 0 Å². The number of methoxy groups -OCH3 is 1. The monoisotopic (exact) mass is 505 g/mol. The maximum Gasteiger partial charge on any atom is 0.415 e. The summed E-state index contributed by atoms with van der Waals surface area (Å²) in [5.74, 6) is 1.22. The summed E-state index contributed by atoms with van der Waals surface area (Å²) in [6, 6.07) is 17.8. The predicted octanol–water partition coefficient (Wildman–Crippen LogP) is 5.56. The number of carbonyl (C=O) groups is 2. The Hall–Kier alpha value is -4.11. The highest BCUT2D eigenvalue weighted by Gasteiger charge is 2.33. The Bertz CT molecular complexity index is 1220. The number of nitrogens with one attached hydrogen (secondary N) is 1. The Labute approximate surface area is 216 Å². The first kappa shape index (κ1) is 26.0. The summed E-state index contributed by atoms with van der Waals surface area (Å²) in [5.41, 5.74) is -0.175. The van der Waals surface area contributed by atoms with Crippen LogP contribution in [0.25, 0.3) is 0 Å². The molecule has 0 aliphatic carbocycles. The third-order valence-electron chi connectivity index (χ3n) is 5.53. The van der Waals surface area contributed by atoms with Crippen LogP contribution < -0.4 is 19.7 Å². The lowest BCUT2D eigenvalue weighted by Crippen LogP contribution is -2.44. The van der Waals surface area contributed by atoms with Gasteiger partial charge in [0, 0.05) is 6.54 Å². The van der Waals surface area contributed by atoms with E-state index in [2.05, 4.69) is 10.3 Å². The number of nitrogens with zero attached hydrogens (tertiary/aromatic N) is 2. The van der Waals surface area contributed by atoms with Crippen molar-refractivity contribution in [3.05, 3.63) is 72.4 Å². The molecule has 1 aromatic heterocycles. The van der Waals surface area contributed by atoms with Crippen molar-refractivity contribution in [3.63, 3.8) is 0 Å². The minimum atomic E-state index is -0.681. The van der Waals surface area contributed by atoms with Crippen molar-refractivity contribution in [1.29, 1.82) is 0 Å². The molecule has 1 aliphatic heterocycles. The third kappa shape index (κ3) is 6.77. The van der Waals surface area contributed by atoms with Gasteiger partial charge in [0.1, 0.15) is 28.4 Å². The van der Waals surface area contributed by atoms with Gasteiger partial charge in [0.2, 0.25) is 5.88 Å². The van der Waals surface area contributed by atoms with E-state index in [1.165, 1.54) is 18.2 Å². The van der Waals surface area contributed by atoms with Crippen molar-refractivity contribution in [2.24, 2.45) is 0 Å². The fourth-order valence-electron chi connectivity index (χ4n) is 3.86. The molecule has 9 nitrogen and oxygen atoms in total. The second kappa shape index (κ2) is 11.3. The van der Waals surface area contributed by atoms with Gasteiger partial charge in [-0.3, -0.25) is 4.90 Å². The van der Waals surface area contributed by atoms with E-state index in [0.29, 0.717) is 29.5 Å². The molecule has 0 bridgehead atoms. The molecule has 1 saturated heterocycles. The number of aromatic nitrogens is 1. The van der Waals surface area contributed by atoms with Crippen LogP contribution in [0.15, 0.2) is 66.9 Å². The molecule has 4 rings (SSSR count). The molecule has 3 aromatic rings. The topological polar surface area (TPSA) is 99.2 Å². The summed E-state index contributed by atoms with van der Waals surface area (Å²) in [6.45, 7) is 6.79. The Morgan fingerprint density at radius 1 is 0.973 bits per heavy atom. The molecule has 0 spiro atoms. The van der Waals surface area contributed by atoms with E-state index < -0.39 is 17.7 Å². The molecule has 0 radical (unpaired) electrons. The van der Waals surface area contributed by atoms with Crippen molar-refractivity contribution in [3.8, 4) is 23.1 Å². The zero-order valence-corrected chi connectivity index (χ0v) is 21.4. The van der Waals surface area contributed by atoms with Crippen LogP contribution in [0.2, 0.25) is 0 Å². The normalized spacial score (nSPS) is 15.1. The molecular weight excluding hydrogens is 474 g/mol. The van der Waals surface area contributed by atoms with Gasteiger partial charge in [0.15, 0.2) is 0 Å². The Balaban J connectivity index is 1.59. The summed E-state index contributed by atoms with van der Waals surface area (Å²) in [6.07, 6.45) is 1.72. The van der Waals surface area contributed by atoms with Crippen molar-refractivity contribution < 1.29 is 28.5 Å². The van der Waals surface area contributed by atoms with Gasteiger partial charge in [-0.25, -0.2) is 14.6 Å². The van der Waals surface area contributed by atoms with Crippen molar-refractivity contribution in [2.75, 3.05) is 25.1 Å². The van der Waals surface area contributed by atoms with Crippen LogP contribution in [0, 0.1) is 0 Å². The summed E-state index contributed by atoms with van der Waals surface area (Å²) in [5, 5.41) is 3.26. The Kier molecular flexibility index (Phi) is 7.93. The molecule has 194 valence electrons. The van der Waals surface area contributed by atoms with Crippen LogP contribution in [0.3, 0.4) is 0 Å². The number of ether oxygens (including phenoxy) is 4. The number of pyridine rings is 1. The average Bonchev–Trinajstić information content (AvgIpc) is 3.39. The van der Waals surface area contributed by atoms with E-state index in [0.717, 1.165) is 13.0 Å². The van der Waals surface area contributed by atoms with Crippen molar-refractivity contribution >= 4 is 17.7 Å². The van der Waals surface area contributed by atoms with Gasteiger partial charge in [-0.2, -0.15) is 0 Å². The number of esters is 1. The first-order valence-electron chi connectivity index (χ1n) is 12.1. The summed E-state index contributed by atoms with van der Waals surface area (Å²) in [7, 11) is 1.28. The summed E-state index contributed by atoms with van der Waals surface area (Å²) in [4.78, 5) is 31.7. The van der Waals surface area contributed by atoms with E-state index in [4.69, 9.17) is 18.9 Å². The van der Waals surface area contributed by atoms with Crippen LogP contribution in [-0.4, -0.2) is 48.9 Å². The van der Waals surface area contributed by atoms with Gasteiger partial charge in [0.05, 0.1) is 25.0 Å². The Morgan fingerprint density at radius 3 is 2.22 bits per heavy atom. The molecular formula is C28H31N3O6. The fourth-order valence-corrected chi connectivity index (χ4v) is 3.86. The van der Waals surface area contributed by atoms with E-state index in [1.54, 1.807) is 51.1 Å². The fraction of sp³-hybridized carbons (Fsp3) is 0.321. The minimum Gasteiger partial charge on any atom is -0.465 e. The van der Waals surface area contributed by atoms with Crippen LogP contribution in [-0.2, 0) is 9.47 Å². The molecule has 2 aromatic carbocycles. The first-order chi connectivity index (χ1) is 17.7. The zero-order chi connectivity index (χ0) is 26.4. The van der Waals surface area contributed by atoms with Crippen LogP contribution >= 0.6 is 0 Å². The highest BCUT2D eigenvalue weighted by molar-refractivity contribution is 5.95. The first-order valence-corrected chi connectivity index (χ1v) is 12.1. The molecule has 1 atom stereocenters. The summed E-state index contributed by atoms with van der Waals surface area (Å²) >= 11 is 0. The van der Waals surface area contributed by atoms with Gasteiger partial charge >= 0.3 is 12.1 Å². The number of amides is 1. The molecule has 1 amide bonds. The number of rotatable bonds is 7. The van der Waals surface area contributed by atoms with Gasteiger partial charge in [0.25, 0.3) is 0 Å². The standard InChI is InChI=1S/C28H31N3O6/c1-28(2,3)37-27(33)31(19-14-15-29-17-19)20-16-24(26(32)34-4)25(30-18-20)36-23-12-10-22(11-13-23)35-21-8-6-5-7-9-21/h5-13,16,18-19,29H,14-15,17H2,1-4H3. The van der Waals surface area contributed by atoms with Gasteiger partial charge in [-0.1, -0.05) is 18.2 Å². The molecule has 1 unspecified atom stereocenters. The third-order valence-corrected chi connectivity index (χ3v) is 5.53. The highest BCUT2D eigenvalue weighted by atomic mass is 16.6. The summed E-state index contributed by atoms with van der Waals surface area (Å²) < 4.78 is 22.4. The van der Waals surface area contributed by atoms with Gasteiger partial charge < -0.3 is 24.3 Å². The number of benzene rings is 2. The number of para-hydroxylation sites is 1. The number of hydrogen-bond acceptors (Lipinski definition) is 8. The maximum absolute atomic E-state index is 13.1. The number of hydrogen-bond donors (Lipinski definition) is 1. The molecule has 0 saturated carbocycles. The van der Waals surface area contributed by atoms with Crippen LogP contribution in [0.1, 0.15) is 37.6 Å². The largest absolute Gasteiger partial charge is 0.465 e. The van der Waals surface area contributed by atoms with Crippen molar-refractivity contribution in [1.82, 2.24) is 10.3 Å². The lowest BCUT2D eigenvalue weighted by Gasteiger charge is -2.31. The Morgan fingerprint density at radius 2 is 1.62 bits per heavy atom. The molecule has 2 heterocycles. The SMILES string of the molecule is COC(=O)c1cc(N(C(=O)OC(C)(C)C)C2CCNC2)cnc1Oc1ccc(Oc2ccccc2)cc1. The number of anilines is 1. The molecule has 9 heteroatoms. The van der Waals surface area contributed by atoms with E-state index in [1.807, 2.05) is 30.3 Å². The quantitative estimate of drug-likeness (QED) is 0.417. The smallest absolute Gasteiger partial charge is 0.415 e. The van der Waals surface area contributed by atoms with E-state index in [9.17, 15) is 9.59 Å². The minimum absolute atomic E-state index is 0.0565. The molecule has 1 aliphatic rings. The zero-order valence-electron chi connectivity index (χ0n) is 21.4. The van der Waals surface area contributed by atoms with Crippen molar-refractivity contribution in [2.45, 2.75) is 38.8 Å².